The van der Waals surface area contributed by atoms with E-state index < -0.39 is 9.84 Å². The van der Waals surface area contributed by atoms with E-state index >= 15 is 0 Å². The van der Waals surface area contributed by atoms with Crippen LogP contribution in [0.4, 0.5) is 0 Å². The van der Waals surface area contributed by atoms with Gasteiger partial charge in [0, 0.05) is 5.75 Å². The summed E-state index contributed by atoms with van der Waals surface area (Å²) in [6.07, 6.45) is 2.31. The molecule has 1 rings (SSSR count). The quantitative estimate of drug-likeness (QED) is 0.669. The molecule has 0 aromatic heterocycles. The molecule has 0 amide bonds. The normalized spacial score (nSPS) is 18.8. The fraction of sp³-hybridized carbons (Fsp3) is 0.917. The number of nitrogens with zero attached hydrogens (tertiary/aromatic N) is 1. The summed E-state index contributed by atoms with van der Waals surface area (Å²) < 4.78 is 27.4. The third-order valence-electron chi connectivity index (χ3n) is 3.49. The minimum atomic E-state index is -2.85. The molecular formula is C12H23NO4S. The van der Waals surface area contributed by atoms with Gasteiger partial charge in [0.2, 0.25) is 0 Å². The molecular weight excluding hydrogens is 254 g/mol. The van der Waals surface area contributed by atoms with Gasteiger partial charge in [-0.2, -0.15) is 0 Å². The van der Waals surface area contributed by atoms with Crippen LogP contribution in [0.1, 0.15) is 26.2 Å². The number of likely N-dealkylation sites (tertiary alicyclic amines) is 1. The lowest BCUT2D eigenvalue weighted by Gasteiger charge is -2.30. The van der Waals surface area contributed by atoms with Crippen molar-refractivity contribution in [2.45, 2.75) is 26.2 Å². The zero-order chi connectivity index (χ0) is 13.6. The number of esters is 1. The first-order valence-electron chi connectivity index (χ1n) is 6.49. The van der Waals surface area contributed by atoms with Crippen molar-refractivity contribution >= 4 is 15.8 Å². The molecule has 1 aliphatic rings. The van der Waals surface area contributed by atoms with Gasteiger partial charge in [0.25, 0.3) is 0 Å². The summed E-state index contributed by atoms with van der Waals surface area (Å²) in [5, 5.41) is 0. The number of carbonyl (C=O) groups excluding carboxylic acids is 1. The number of ether oxygens (including phenoxy) is 1. The molecule has 1 heterocycles. The summed E-state index contributed by atoms with van der Waals surface area (Å²) in [5.41, 5.74) is 0. The SMILES string of the molecule is CCS(=O)(=O)CCCN1CCC(C(=O)OC)CC1. The van der Waals surface area contributed by atoms with Crippen LogP contribution < -0.4 is 0 Å². The van der Waals surface area contributed by atoms with E-state index in [1.54, 1.807) is 6.92 Å². The van der Waals surface area contributed by atoms with Gasteiger partial charge in [-0.05, 0) is 38.9 Å². The Morgan fingerprint density at radius 1 is 1.33 bits per heavy atom. The summed E-state index contributed by atoms with van der Waals surface area (Å²) in [4.78, 5) is 13.6. The van der Waals surface area contributed by atoms with Gasteiger partial charge in [0.15, 0.2) is 0 Å². The lowest BCUT2D eigenvalue weighted by atomic mass is 9.97. The molecule has 106 valence electrons. The Morgan fingerprint density at radius 3 is 2.44 bits per heavy atom. The van der Waals surface area contributed by atoms with Gasteiger partial charge < -0.3 is 9.64 Å². The Kier molecular flexibility index (Phi) is 6.08. The van der Waals surface area contributed by atoms with E-state index in [0.29, 0.717) is 6.42 Å². The molecule has 0 spiro atoms. The van der Waals surface area contributed by atoms with Crippen molar-refractivity contribution in [3.63, 3.8) is 0 Å². The standard InChI is InChI=1S/C12H23NO4S/c1-3-18(15,16)10-4-7-13-8-5-11(6-9-13)12(14)17-2/h11H,3-10H2,1-2H3. The van der Waals surface area contributed by atoms with Gasteiger partial charge in [-0.15, -0.1) is 0 Å². The van der Waals surface area contributed by atoms with Crippen molar-refractivity contribution in [1.82, 2.24) is 4.90 Å². The average Bonchev–Trinajstić information content (AvgIpc) is 2.38. The van der Waals surface area contributed by atoms with E-state index in [-0.39, 0.29) is 23.4 Å². The highest BCUT2D eigenvalue weighted by Gasteiger charge is 2.25. The number of piperidine rings is 1. The molecule has 18 heavy (non-hydrogen) atoms. The highest BCUT2D eigenvalue weighted by atomic mass is 32.2. The number of rotatable bonds is 6. The zero-order valence-electron chi connectivity index (χ0n) is 11.2. The largest absolute Gasteiger partial charge is 0.469 e. The Balaban J connectivity index is 2.22. The van der Waals surface area contributed by atoms with Crippen LogP contribution in [-0.4, -0.2) is 57.5 Å². The molecule has 0 unspecified atom stereocenters. The molecule has 6 heteroatoms. The summed E-state index contributed by atoms with van der Waals surface area (Å²) in [5.74, 6) is 0.381. The van der Waals surface area contributed by atoms with Crippen molar-refractivity contribution in [1.29, 1.82) is 0 Å². The number of carbonyl (C=O) groups is 1. The predicted octanol–water partition coefficient (Wildman–Crippen LogP) is 0.696. The van der Waals surface area contributed by atoms with Crippen LogP contribution in [0, 0.1) is 5.92 Å². The predicted molar refractivity (Wildman–Crippen MR) is 70.1 cm³/mol. The fourth-order valence-corrected chi connectivity index (χ4v) is 3.07. The van der Waals surface area contributed by atoms with Gasteiger partial charge in [-0.25, -0.2) is 8.42 Å². The molecule has 0 saturated carbocycles. The van der Waals surface area contributed by atoms with Crippen molar-refractivity contribution in [3.05, 3.63) is 0 Å². The molecule has 0 atom stereocenters. The summed E-state index contributed by atoms with van der Waals surface area (Å²) in [7, 11) is -1.43. The lowest BCUT2D eigenvalue weighted by Crippen LogP contribution is -2.37. The third-order valence-corrected chi connectivity index (χ3v) is 5.28. The number of hydrogen-bond donors (Lipinski definition) is 0. The van der Waals surface area contributed by atoms with E-state index in [4.69, 9.17) is 4.74 Å². The third kappa shape index (κ3) is 4.94. The number of hydrogen-bond acceptors (Lipinski definition) is 5. The molecule has 0 aromatic carbocycles. The monoisotopic (exact) mass is 277 g/mol. The van der Waals surface area contributed by atoms with E-state index in [2.05, 4.69) is 4.90 Å². The fourth-order valence-electron chi connectivity index (χ4n) is 2.21. The minimum Gasteiger partial charge on any atom is -0.469 e. The second kappa shape index (κ2) is 7.09. The maximum atomic E-state index is 11.3. The molecule has 0 aliphatic carbocycles. The molecule has 1 fully saturated rings. The van der Waals surface area contributed by atoms with Crippen LogP contribution >= 0.6 is 0 Å². The number of sulfone groups is 1. The molecule has 0 radical (unpaired) electrons. The van der Waals surface area contributed by atoms with Crippen molar-refractivity contribution in [2.75, 3.05) is 38.2 Å². The Morgan fingerprint density at radius 2 is 1.94 bits per heavy atom. The summed E-state index contributed by atoms with van der Waals surface area (Å²) in [6.45, 7) is 4.18. The van der Waals surface area contributed by atoms with Gasteiger partial charge in [0.05, 0.1) is 18.8 Å². The van der Waals surface area contributed by atoms with Crippen LogP contribution in [0.25, 0.3) is 0 Å². The first-order chi connectivity index (χ1) is 8.48. The smallest absolute Gasteiger partial charge is 0.308 e. The zero-order valence-corrected chi connectivity index (χ0v) is 12.0. The highest BCUT2D eigenvalue weighted by Crippen LogP contribution is 2.18. The molecule has 1 saturated heterocycles. The summed E-state index contributed by atoms with van der Waals surface area (Å²) in [6, 6.07) is 0. The maximum Gasteiger partial charge on any atom is 0.308 e. The molecule has 0 bridgehead atoms. The Hall–Kier alpha value is -0.620. The lowest BCUT2D eigenvalue weighted by molar-refractivity contribution is -0.147. The van der Waals surface area contributed by atoms with E-state index in [1.807, 2.05) is 0 Å². The molecule has 0 N–H and O–H groups in total. The minimum absolute atomic E-state index is 0.0191. The number of methoxy groups -OCH3 is 1. The average molecular weight is 277 g/mol. The van der Waals surface area contributed by atoms with Gasteiger partial charge in [-0.1, -0.05) is 6.92 Å². The van der Waals surface area contributed by atoms with Crippen LogP contribution in [0.3, 0.4) is 0 Å². The first-order valence-corrected chi connectivity index (χ1v) is 8.31. The van der Waals surface area contributed by atoms with Crippen LogP contribution in [-0.2, 0) is 19.4 Å². The van der Waals surface area contributed by atoms with Gasteiger partial charge in [0.1, 0.15) is 9.84 Å². The van der Waals surface area contributed by atoms with E-state index in [0.717, 1.165) is 32.5 Å². The van der Waals surface area contributed by atoms with Crippen LogP contribution in [0.2, 0.25) is 0 Å². The molecule has 5 nitrogen and oxygen atoms in total. The second-order valence-electron chi connectivity index (χ2n) is 4.73. The first kappa shape index (κ1) is 15.4. The Bertz CT molecular complexity index is 358. The van der Waals surface area contributed by atoms with Crippen LogP contribution in [0.5, 0.6) is 0 Å². The molecule has 1 aliphatic heterocycles. The van der Waals surface area contributed by atoms with Crippen molar-refractivity contribution in [2.24, 2.45) is 5.92 Å². The van der Waals surface area contributed by atoms with E-state index in [9.17, 15) is 13.2 Å². The maximum absolute atomic E-state index is 11.3. The summed E-state index contributed by atoms with van der Waals surface area (Å²) >= 11 is 0. The topological polar surface area (TPSA) is 63.7 Å². The van der Waals surface area contributed by atoms with Crippen LogP contribution in [0.15, 0.2) is 0 Å². The van der Waals surface area contributed by atoms with E-state index in [1.165, 1.54) is 7.11 Å². The molecule has 0 aromatic rings. The van der Waals surface area contributed by atoms with Gasteiger partial charge >= 0.3 is 5.97 Å². The van der Waals surface area contributed by atoms with Gasteiger partial charge in [-0.3, -0.25) is 4.79 Å². The highest BCUT2D eigenvalue weighted by molar-refractivity contribution is 7.91. The second-order valence-corrected chi connectivity index (χ2v) is 7.20. The van der Waals surface area contributed by atoms with Crippen molar-refractivity contribution < 1.29 is 17.9 Å². The van der Waals surface area contributed by atoms with Crippen molar-refractivity contribution in [3.8, 4) is 0 Å². The Labute approximate surface area is 109 Å².